The number of aryl methyl sites for hydroxylation is 3. The zero-order valence-corrected chi connectivity index (χ0v) is 11.9. The number of aromatic nitrogens is 3. The first-order valence-corrected chi connectivity index (χ1v) is 6.51. The first-order chi connectivity index (χ1) is 9.08. The van der Waals surface area contributed by atoms with E-state index in [1.807, 2.05) is 13.0 Å². The highest BCUT2D eigenvalue weighted by Crippen LogP contribution is 2.21. The van der Waals surface area contributed by atoms with Crippen molar-refractivity contribution >= 4 is 0 Å². The molecule has 0 spiro atoms. The molecule has 100 valence electrons. The smallest absolute Gasteiger partial charge is 0.115 e. The van der Waals surface area contributed by atoms with Crippen molar-refractivity contribution in [2.45, 2.75) is 40.3 Å². The minimum atomic E-state index is 0.253. The number of pyridine rings is 1. The van der Waals surface area contributed by atoms with Gasteiger partial charge in [-0.3, -0.25) is 4.98 Å². The Bertz CT molecular complexity index is 528. The van der Waals surface area contributed by atoms with Gasteiger partial charge in [-0.05, 0) is 51.0 Å². The Kier molecular flexibility index (Phi) is 4.22. The molecule has 2 heterocycles. The van der Waals surface area contributed by atoms with E-state index in [1.165, 1.54) is 11.1 Å². The normalized spacial score (nSPS) is 12.4. The van der Waals surface area contributed by atoms with Gasteiger partial charge in [0.1, 0.15) is 6.33 Å². The van der Waals surface area contributed by atoms with Gasteiger partial charge in [-0.2, -0.15) is 0 Å². The molecule has 19 heavy (non-hydrogen) atoms. The molecule has 0 aliphatic carbocycles. The Morgan fingerprint density at radius 1 is 1.26 bits per heavy atom. The van der Waals surface area contributed by atoms with Crippen molar-refractivity contribution in [1.82, 2.24) is 20.3 Å². The number of hydrogen-bond acceptors (Lipinski definition) is 4. The van der Waals surface area contributed by atoms with E-state index in [0.29, 0.717) is 0 Å². The van der Waals surface area contributed by atoms with Gasteiger partial charge in [0, 0.05) is 30.2 Å². The average Bonchev–Trinajstić information content (AvgIpc) is 2.36. The molecule has 0 saturated carbocycles. The quantitative estimate of drug-likeness (QED) is 0.913. The maximum Gasteiger partial charge on any atom is 0.115 e. The minimum Gasteiger partial charge on any atom is -0.304 e. The van der Waals surface area contributed by atoms with E-state index < -0.39 is 0 Å². The maximum atomic E-state index is 4.54. The fourth-order valence-corrected chi connectivity index (χ4v) is 2.47. The first kappa shape index (κ1) is 13.6. The molecule has 0 aliphatic heterocycles. The van der Waals surface area contributed by atoms with Crippen LogP contribution in [0.2, 0.25) is 0 Å². The van der Waals surface area contributed by atoms with Crippen molar-refractivity contribution in [3.05, 3.63) is 52.9 Å². The summed E-state index contributed by atoms with van der Waals surface area (Å²) in [5, 5.41) is 3.49. The van der Waals surface area contributed by atoms with E-state index in [2.05, 4.69) is 47.1 Å². The minimum absolute atomic E-state index is 0.253. The average molecular weight is 256 g/mol. The lowest BCUT2D eigenvalue weighted by molar-refractivity contribution is 0.559. The topological polar surface area (TPSA) is 50.7 Å². The molecule has 0 bridgehead atoms. The van der Waals surface area contributed by atoms with Crippen molar-refractivity contribution < 1.29 is 0 Å². The summed E-state index contributed by atoms with van der Waals surface area (Å²) in [4.78, 5) is 12.7. The van der Waals surface area contributed by atoms with Crippen LogP contribution in [0.3, 0.4) is 0 Å². The highest BCUT2D eigenvalue weighted by Gasteiger charge is 2.12. The van der Waals surface area contributed by atoms with Gasteiger partial charge in [-0.1, -0.05) is 0 Å². The van der Waals surface area contributed by atoms with Crippen LogP contribution in [0.1, 0.15) is 41.2 Å². The van der Waals surface area contributed by atoms with Gasteiger partial charge < -0.3 is 5.32 Å². The summed E-state index contributed by atoms with van der Waals surface area (Å²) in [6.07, 6.45) is 3.34. The predicted octanol–water partition coefficient (Wildman–Crippen LogP) is 2.65. The fraction of sp³-hybridized carbons (Fsp3) is 0.400. The van der Waals surface area contributed by atoms with Crippen molar-refractivity contribution in [3.8, 4) is 0 Å². The molecular weight excluding hydrogens is 236 g/mol. The van der Waals surface area contributed by atoms with Crippen LogP contribution in [0.25, 0.3) is 0 Å². The lowest BCUT2D eigenvalue weighted by Crippen LogP contribution is -2.21. The molecule has 0 aromatic carbocycles. The molecule has 2 aromatic rings. The van der Waals surface area contributed by atoms with Gasteiger partial charge in [-0.25, -0.2) is 9.97 Å². The summed E-state index contributed by atoms with van der Waals surface area (Å²) in [7, 11) is 0. The summed E-state index contributed by atoms with van der Waals surface area (Å²) in [5.41, 5.74) is 5.73. The molecular formula is C15H20N4. The van der Waals surface area contributed by atoms with Gasteiger partial charge >= 0.3 is 0 Å². The fourth-order valence-electron chi connectivity index (χ4n) is 2.47. The second kappa shape index (κ2) is 5.89. The van der Waals surface area contributed by atoms with E-state index in [0.717, 1.165) is 23.6 Å². The molecule has 1 atom stereocenters. The van der Waals surface area contributed by atoms with E-state index in [-0.39, 0.29) is 6.04 Å². The number of nitrogens with zero attached hydrogens (tertiary/aromatic N) is 3. The lowest BCUT2D eigenvalue weighted by Gasteiger charge is -2.19. The first-order valence-electron chi connectivity index (χ1n) is 6.51. The van der Waals surface area contributed by atoms with E-state index in [9.17, 15) is 0 Å². The van der Waals surface area contributed by atoms with Crippen molar-refractivity contribution in [1.29, 1.82) is 0 Å². The second-order valence-corrected chi connectivity index (χ2v) is 4.88. The Balaban J connectivity index is 2.10. The second-order valence-electron chi connectivity index (χ2n) is 4.88. The molecule has 4 nitrogen and oxygen atoms in total. The molecule has 0 saturated heterocycles. The maximum absolute atomic E-state index is 4.54. The van der Waals surface area contributed by atoms with Crippen LogP contribution in [0.4, 0.5) is 0 Å². The largest absolute Gasteiger partial charge is 0.304 e. The Morgan fingerprint density at radius 3 is 2.68 bits per heavy atom. The summed E-state index contributed by atoms with van der Waals surface area (Å²) < 4.78 is 0. The van der Waals surface area contributed by atoms with Crippen molar-refractivity contribution in [2.75, 3.05) is 0 Å². The summed E-state index contributed by atoms with van der Waals surface area (Å²) in [5.74, 6) is 0. The van der Waals surface area contributed by atoms with Gasteiger partial charge in [0.2, 0.25) is 0 Å². The van der Waals surface area contributed by atoms with Crippen LogP contribution >= 0.6 is 0 Å². The van der Waals surface area contributed by atoms with Crippen LogP contribution in [0, 0.1) is 20.8 Å². The molecule has 0 aliphatic rings. The molecule has 0 fully saturated rings. The van der Waals surface area contributed by atoms with Crippen molar-refractivity contribution in [2.24, 2.45) is 0 Å². The highest BCUT2D eigenvalue weighted by molar-refractivity contribution is 5.33. The number of rotatable bonds is 4. The molecule has 1 N–H and O–H groups in total. The molecule has 1 unspecified atom stereocenters. The van der Waals surface area contributed by atoms with E-state index in [4.69, 9.17) is 0 Å². The van der Waals surface area contributed by atoms with Crippen LogP contribution < -0.4 is 5.32 Å². The lowest BCUT2D eigenvalue weighted by atomic mass is 10.0. The van der Waals surface area contributed by atoms with Crippen LogP contribution in [-0.4, -0.2) is 15.0 Å². The molecule has 0 radical (unpaired) electrons. The predicted molar refractivity (Wildman–Crippen MR) is 75.7 cm³/mol. The Hall–Kier alpha value is -1.81. The van der Waals surface area contributed by atoms with Gasteiger partial charge in [0.25, 0.3) is 0 Å². The third-order valence-corrected chi connectivity index (χ3v) is 3.25. The number of hydrogen-bond donors (Lipinski definition) is 1. The summed E-state index contributed by atoms with van der Waals surface area (Å²) >= 11 is 0. The monoisotopic (exact) mass is 256 g/mol. The Morgan fingerprint density at radius 2 is 2.05 bits per heavy atom. The molecule has 2 aromatic heterocycles. The van der Waals surface area contributed by atoms with Gasteiger partial charge in [-0.15, -0.1) is 0 Å². The summed E-state index contributed by atoms with van der Waals surface area (Å²) in [6, 6.07) is 4.31. The third kappa shape index (κ3) is 3.35. The van der Waals surface area contributed by atoms with Crippen molar-refractivity contribution in [3.63, 3.8) is 0 Å². The van der Waals surface area contributed by atoms with Gasteiger partial charge in [0.15, 0.2) is 0 Å². The highest BCUT2D eigenvalue weighted by atomic mass is 14.9. The molecule has 0 amide bonds. The standard InChI is InChI=1S/C15H20N4/c1-10-7-11(2)19-13(4)15(10)12(3)17-8-14-5-6-16-9-18-14/h5-7,9,12,17H,8H2,1-4H3. The zero-order valence-electron chi connectivity index (χ0n) is 11.9. The molecule has 4 heteroatoms. The van der Waals surface area contributed by atoms with Crippen LogP contribution in [-0.2, 0) is 6.54 Å². The van der Waals surface area contributed by atoms with E-state index >= 15 is 0 Å². The van der Waals surface area contributed by atoms with Gasteiger partial charge in [0.05, 0.1) is 5.69 Å². The third-order valence-electron chi connectivity index (χ3n) is 3.25. The number of nitrogens with one attached hydrogen (secondary N) is 1. The summed E-state index contributed by atoms with van der Waals surface area (Å²) in [6.45, 7) is 9.13. The SMILES string of the molecule is Cc1cc(C)c(C(C)NCc2ccncn2)c(C)n1. The zero-order chi connectivity index (χ0) is 13.8. The molecule has 2 rings (SSSR count). The van der Waals surface area contributed by atoms with E-state index in [1.54, 1.807) is 12.5 Å². The van der Waals surface area contributed by atoms with Crippen LogP contribution in [0.15, 0.2) is 24.7 Å². The Labute approximate surface area is 114 Å². The van der Waals surface area contributed by atoms with Crippen LogP contribution in [0.5, 0.6) is 0 Å².